The van der Waals surface area contributed by atoms with Crippen LogP contribution >= 0.6 is 15.9 Å². The maximum atomic E-state index is 12.2. The summed E-state index contributed by atoms with van der Waals surface area (Å²) < 4.78 is 19.3. The molecule has 0 radical (unpaired) electrons. The fourth-order valence-corrected chi connectivity index (χ4v) is 4.55. The molecule has 2 heterocycles. The number of nitrogens with zero attached hydrogens (tertiary/aromatic N) is 3. The molecule has 1 aliphatic rings. The number of hydrogen-bond donors (Lipinski definition) is 0. The summed E-state index contributed by atoms with van der Waals surface area (Å²) in [4.78, 5) is 25.9. The number of rotatable bonds is 8. The van der Waals surface area contributed by atoms with Crippen molar-refractivity contribution in [1.82, 2.24) is 14.7 Å². The van der Waals surface area contributed by atoms with Crippen molar-refractivity contribution >= 4 is 38.9 Å². The number of halogens is 1. The Balaban J connectivity index is 1.56. The largest absolute Gasteiger partial charge is 0.487 e. The Morgan fingerprint density at radius 1 is 1.12 bits per heavy atom. The Bertz CT molecular complexity index is 1180. The fraction of sp³-hybridized carbons (Fsp3) is 0.400. The Hall–Kier alpha value is -3.07. The minimum atomic E-state index is -0.287. The van der Waals surface area contributed by atoms with Crippen molar-refractivity contribution in [3.05, 3.63) is 58.2 Å². The van der Waals surface area contributed by atoms with Crippen LogP contribution in [-0.2, 0) is 27.3 Å². The molecule has 0 bridgehead atoms. The second-order valence-corrected chi connectivity index (χ2v) is 8.93. The van der Waals surface area contributed by atoms with Crippen molar-refractivity contribution in [1.29, 1.82) is 0 Å². The van der Waals surface area contributed by atoms with Gasteiger partial charge in [-0.25, -0.2) is 4.79 Å². The smallest absolute Gasteiger partial charge is 0.409 e. The lowest BCUT2D eigenvalue weighted by Gasteiger charge is -2.16. The van der Waals surface area contributed by atoms with Gasteiger partial charge in [0.25, 0.3) is 0 Å². The molecule has 1 aromatic heterocycles. The van der Waals surface area contributed by atoms with Crippen molar-refractivity contribution in [3.8, 4) is 5.75 Å². The van der Waals surface area contributed by atoms with Crippen molar-refractivity contribution in [2.45, 2.75) is 39.3 Å². The van der Waals surface area contributed by atoms with Crippen molar-refractivity contribution in [3.63, 3.8) is 0 Å². The SMILES string of the molecule is CCOC(=O)Cc1ccccc1OCc1nn(C2CCN(C(=O)OCC)C2)c2ccc(Br)cc12. The van der Waals surface area contributed by atoms with Crippen molar-refractivity contribution in [2.24, 2.45) is 0 Å². The molecule has 9 heteroatoms. The molecule has 0 N–H and O–H groups in total. The number of aromatic nitrogens is 2. The number of fused-ring (bicyclic) bond motifs is 1. The Kier molecular flexibility index (Phi) is 7.72. The number of ether oxygens (including phenoxy) is 3. The van der Waals surface area contributed by atoms with E-state index in [1.54, 1.807) is 11.8 Å². The second kappa shape index (κ2) is 10.9. The van der Waals surface area contributed by atoms with Crippen LogP contribution in [0.5, 0.6) is 5.75 Å². The monoisotopic (exact) mass is 529 g/mol. The van der Waals surface area contributed by atoms with Gasteiger partial charge in [-0.1, -0.05) is 34.1 Å². The predicted molar refractivity (Wildman–Crippen MR) is 131 cm³/mol. The lowest BCUT2D eigenvalue weighted by atomic mass is 10.1. The summed E-state index contributed by atoms with van der Waals surface area (Å²) >= 11 is 3.56. The van der Waals surface area contributed by atoms with Gasteiger partial charge in [-0.3, -0.25) is 9.48 Å². The number of carbonyl (C=O) groups excluding carboxylic acids is 2. The van der Waals surface area contributed by atoms with E-state index in [1.165, 1.54) is 0 Å². The number of benzene rings is 2. The molecule has 180 valence electrons. The molecule has 0 saturated carbocycles. The molecule has 3 aromatic rings. The number of carbonyl (C=O) groups is 2. The van der Waals surface area contributed by atoms with Crippen LogP contribution in [-0.4, -0.2) is 53.0 Å². The van der Waals surface area contributed by atoms with Crippen LogP contribution in [0.1, 0.15) is 37.6 Å². The Morgan fingerprint density at radius 3 is 2.71 bits per heavy atom. The minimum absolute atomic E-state index is 0.0536. The standard InChI is InChI=1S/C25H28BrN3O5/c1-3-32-24(30)13-17-7-5-6-8-23(17)34-16-21-20-14-18(26)9-10-22(20)29(27-21)19-11-12-28(15-19)25(31)33-4-2/h5-10,14,19H,3-4,11-13,15-16H2,1-2H3. The van der Waals surface area contributed by atoms with Gasteiger partial charge < -0.3 is 19.1 Å². The van der Waals surface area contributed by atoms with E-state index in [4.69, 9.17) is 19.3 Å². The number of para-hydroxylation sites is 1. The maximum absolute atomic E-state index is 12.2. The second-order valence-electron chi connectivity index (χ2n) is 8.02. The third-order valence-electron chi connectivity index (χ3n) is 5.76. The van der Waals surface area contributed by atoms with Gasteiger partial charge >= 0.3 is 12.1 Å². The van der Waals surface area contributed by atoms with E-state index in [1.807, 2.05) is 54.1 Å². The zero-order chi connectivity index (χ0) is 24.1. The maximum Gasteiger partial charge on any atom is 0.409 e. The summed E-state index contributed by atoms with van der Waals surface area (Å²) in [6.45, 7) is 5.72. The van der Waals surface area contributed by atoms with Crippen LogP contribution in [0.4, 0.5) is 4.79 Å². The molecule has 4 rings (SSSR count). The van der Waals surface area contributed by atoms with Gasteiger partial charge in [-0.05, 0) is 44.5 Å². The van der Waals surface area contributed by atoms with E-state index >= 15 is 0 Å². The van der Waals surface area contributed by atoms with Gasteiger partial charge in [0.2, 0.25) is 0 Å². The summed E-state index contributed by atoms with van der Waals surface area (Å²) in [7, 11) is 0. The fourth-order valence-electron chi connectivity index (χ4n) is 4.19. The van der Waals surface area contributed by atoms with Crippen LogP contribution in [0, 0.1) is 0 Å². The zero-order valence-electron chi connectivity index (χ0n) is 19.3. The number of likely N-dealkylation sites (tertiary alicyclic amines) is 1. The van der Waals surface area contributed by atoms with E-state index in [0.717, 1.165) is 33.1 Å². The highest BCUT2D eigenvalue weighted by molar-refractivity contribution is 9.10. The normalized spacial score (nSPS) is 15.5. The van der Waals surface area contributed by atoms with Crippen LogP contribution in [0.2, 0.25) is 0 Å². The van der Waals surface area contributed by atoms with Gasteiger partial charge in [0.15, 0.2) is 0 Å². The molecule has 34 heavy (non-hydrogen) atoms. The highest BCUT2D eigenvalue weighted by Gasteiger charge is 2.30. The third kappa shape index (κ3) is 5.35. The van der Waals surface area contributed by atoms with Crippen molar-refractivity contribution in [2.75, 3.05) is 26.3 Å². The van der Waals surface area contributed by atoms with Crippen LogP contribution in [0.15, 0.2) is 46.9 Å². The molecule has 0 aliphatic carbocycles. The number of esters is 1. The molecule has 1 fully saturated rings. The Morgan fingerprint density at radius 2 is 1.91 bits per heavy atom. The highest BCUT2D eigenvalue weighted by atomic mass is 79.9. The molecule has 0 spiro atoms. The summed E-state index contributed by atoms with van der Waals surface area (Å²) in [6, 6.07) is 13.5. The molecular weight excluding hydrogens is 502 g/mol. The molecule has 1 saturated heterocycles. The van der Waals surface area contributed by atoms with Crippen LogP contribution in [0.25, 0.3) is 10.9 Å². The number of hydrogen-bond acceptors (Lipinski definition) is 6. The highest BCUT2D eigenvalue weighted by Crippen LogP contribution is 2.31. The first-order chi connectivity index (χ1) is 16.5. The van der Waals surface area contributed by atoms with E-state index in [0.29, 0.717) is 32.1 Å². The quantitative estimate of drug-likeness (QED) is 0.386. The lowest BCUT2D eigenvalue weighted by molar-refractivity contribution is -0.142. The van der Waals surface area contributed by atoms with Gasteiger partial charge in [0.1, 0.15) is 18.1 Å². The van der Waals surface area contributed by atoms with Gasteiger partial charge in [-0.15, -0.1) is 0 Å². The first kappa shape index (κ1) is 24.1. The predicted octanol–water partition coefficient (Wildman–Crippen LogP) is 4.89. The molecule has 1 unspecified atom stereocenters. The average Bonchev–Trinajstić information content (AvgIpc) is 3.44. The molecule has 1 atom stereocenters. The summed E-state index contributed by atoms with van der Waals surface area (Å²) in [5, 5.41) is 5.87. The van der Waals surface area contributed by atoms with Gasteiger partial charge in [0.05, 0.1) is 31.2 Å². The molecular formula is C25H28BrN3O5. The topological polar surface area (TPSA) is 82.9 Å². The molecule has 2 aromatic carbocycles. The molecule has 1 amide bonds. The first-order valence-electron chi connectivity index (χ1n) is 11.4. The van der Waals surface area contributed by atoms with E-state index < -0.39 is 0 Å². The van der Waals surface area contributed by atoms with Crippen LogP contribution in [0.3, 0.4) is 0 Å². The summed E-state index contributed by atoms with van der Waals surface area (Å²) in [5.74, 6) is 0.340. The van der Waals surface area contributed by atoms with Gasteiger partial charge in [0, 0.05) is 28.5 Å². The average molecular weight is 530 g/mol. The number of amides is 1. The molecule has 1 aliphatic heterocycles. The van der Waals surface area contributed by atoms with E-state index in [2.05, 4.69) is 15.9 Å². The molecule has 8 nitrogen and oxygen atoms in total. The first-order valence-corrected chi connectivity index (χ1v) is 12.2. The lowest BCUT2D eigenvalue weighted by Crippen LogP contribution is -2.29. The summed E-state index contributed by atoms with van der Waals surface area (Å²) in [5.41, 5.74) is 2.54. The van der Waals surface area contributed by atoms with E-state index in [-0.39, 0.29) is 31.1 Å². The third-order valence-corrected chi connectivity index (χ3v) is 6.25. The zero-order valence-corrected chi connectivity index (χ0v) is 20.9. The minimum Gasteiger partial charge on any atom is -0.487 e. The summed E-state index contributed by atoms with van der Waals surface area (Å²) in [6.07, 6.45) is 0.663. The van der Waals surface area contributed by atoms with Gasteiger partial charge in [-0.2, -0.15) is 5.10 Å². The van der Waals surface area contributed by atoms with Crippen molar-refractivity contribution < 1.29 is 23.8 Å². The van der Waals surface area contributed by atoms with E-state index in [9.17, 15) is 9.59 Å². The Labute approximate surface area is 206 Å². The van der Waals surface area contributed by atoms with Crippen LogP contribution < -0.4 is 4.74 Å².